The first kappa shape index (κ1) is 15.3. The molecule has 1 saturated heterocycles. The van der Waals surface area contributed by atoms with E-state index in [0.29, 0.717) is 10.0 Å². The van der Waals surface area contributed by atoms with E-state index in [1.54, 1.807) is 11.3 Å². The number of benzene rings is 1. The molecule has 3 rings (SSSR count). The lowest BCUT2D eigenvalue weighted by molar-refractivity contribution is 0.200. The number of thiophene rings is 1. The first-order valence-electron chi connectivity index (χ1n) is 7.10. The third kappa shape index (κ3) is 3.27. The summed E-state index contributed by atoms with van der Waals surface area (Å²) >= 11 is 14.5. The lowest BCUT2D eigenvalue weighted by atomic mass is 10.0. The molecule has 1 N–H and O–H groups in total. The average Bonchev–Trinajstić information content (AvgIpc) is 2.91. The average molecular weight is 341 g/mol. The van der Waals surface area contributed by atoms with Crippen molar-refractivity contribution in [2.24, 2.45) is 0 Å². The summed E-state index contributed by atoms with van der Waals surface area (Å²) in [4.78, 5) is 3.82. The van der Waals surface area contributed by atoms with Crippen molar-refractivity contribution < 1.29 is 0 Å². The highest BCUT2D eigenvalue weighted by Gasteiger charge is 2.27. The van der Waals surface area contributed by atoms with Crippen molar-refractivity contribution in [2.45, 2.75) is 13.0 Å². The van der Waals surface area contributed by atoms with E-state index in [4.69, 9.17) is 23.2 Å². The van der Waals surface area contributed by atoms with Crippen LogP contribution in [0.25, 0.3) is 0 Å². The van der Waals surface area contributed by atoms with Crippen LogP contribution in [0.1, 0.15) is 22.0 Å². The predicted molar refractivity (Wildman–Crippen MR) is 91.8 cm³/mol. The molecule has 0 bridgehead atoms. The summed E-state index contributed by atoms with van der Waals surface area (Å²) in [5, 5.41) is 6.91. The van der Waals surface area contributed by atoms with E-state index in [1.165, 1.54) is 10.4 Å². The molecule has 1 atom stereocenters. The zero-order chi connectivity index (χ0) is 14.8. The molecule has 2 heterocycles. The Labute approximate surface area is 139 Å². The highest BCUT2D eigenvalue weighted by Crippen LogP contribution is 2.39. The summed E-state index contributed by atoms with van der Waals surface area (Å²) in [7, 11) is 0. The lowest BCUT2D eigenvalue weighted by Crippen LogP contribution is -2.45. The zero-order valence-corrected chi connectivity index (χ0v) is 14.2. The highest BCUT2D eigenvalue weighted by atomic mass is 35.5. The van der Waals surface area contributed by atoms with Gasteiger partial charge >= 0.3 is 0 Å². The van der Waals surface area contributed by atoms with Gasteiger partial charge in [-0.15, -0.1) is 11.3 Å². The van der Waals surface area contributed by atoms with Crippen LogP contribution < -0.4 is 5.32 Å². The molecular weight excluding hydrogens is 323 g/mol. The van der Waals surface area contributed by atoms with Crippen LogP contribution in [-0.2, 0) is 0 Å². The van der Waals surface area contributed by atoms with E-state index in [0.717, 1.165) is 31.7 Å². The van der Waals surface area contributed by atoms with Crippen LogP contribution in [-0.4, -0.2) is 31.1 Å². The lowest BCUT2D eigenvalue weighted by Gasteiger charge is -2.35. The van der Waals surface area contributed by atoms with E-state index in [9.17, 15) is 0 Å². The summed E-state index contributed by atoms with van der Waals surface area (Å²) in [5.41, 5.74) is 2.40. The highest BCUT2D eigenvalue weighted by molar-refractivity contribution is 7.10. The van der Waals surface area contributed by atoms with Crippen LogP contribution in [0.15, 0.2) is 29.6 Å². The van der Waals surface area contributed by atoms with Gasteiger partial charge in [0.05, 0.1) is 16.1 Å². The molecule has 1 unspecified atom stereocenters. The molecular formula is C16H18Cl2N2S. The molecule has 0 radical (unpaired) electrons. The van der Waals surface area contributed by atoms with Gasteiger partial charge in [-0.05, 0) is 35.6 Å². The smallest absolute Gasteiger partial charge is 0.0712 e. The van der Waals surface area contributed by atoms with Gasteiger partial charge in [-0.2, -0.15) is 0 Å². The number of halogens is 2. The van der Waals surface area contributed by atoms with Gasteiger partial charge < -0.3 is 5.32 Å². The molecule has 1 fully saturated rings. The van der Waals surface area contributed by atoms with Crippen LogP contribution in [0.3, 0.4) is 0 Å². The van der Waals surface area contributed by atoms with Gasteiger partial charge in [0.25, 0.3) is 0 Å². The maximum Gasteiger partial charge on any atom is 0.0712 e. The molecule has 2 nitrogen and oxygen atoms in total. The molecule has 0 aliphatic carbocycles. The topological polar surface area (TPSA) is 15.3 Å². The number of hydrogen-bond acceptors (Lipinski definition) is 3. The largest absolute Gasteiger partial charge is 0.314 e. The van der Waals surface area contributed by atoms with Gasteiger partial charge in [0.2, 0.25) is 0 Å². The van der Waals surface area contributed by atoms with Crippen LogP contribution in [0, 0.1) is 6.92 Å². The van der Waals surface area contributed by atoms with Crippen molar-refractivity contribution in [3.63, 3.8) is 0 Å². The monoisotopic (exact) mass is 340 g/mol. The van der Waals surface area contributed by atoms with Crippen LogP contribution in [0.2, 0.25) is 10.0 Å². The first-order chi connectivity index (χ1) is 10.2. The molecule has 0 spiro atoms. The standard InChI is InChI=1S/C16H18Cl2N2S/c1-11-9-14(21-10-11)16(20-7-5-19-6-8-20)12-3-2-4-13(17)15(12)18/h2-4,9-10,16,19H,5-8H2,1H3. The van der Waals surface area contributed by atoms with Crippen molar-refractivity contribution in [3.05, 3.63) is 55.7 Å². The van der Waals surface area contributed by atoms with Crippen LogP contribution in [0.5, 0.6) is 0 Å². The van der Waals surface area contributed by atoms with Crippen molar-refractivity contribution in [2.75, 3.05) is 26.2 Å². The minimum Gasteiger partial charge on any atom is -0.314 e. The van der Waals surface area contributed by atoms with E-state index >= 15 is 0 Å². The maximum atomic E-state index is 6.49. The SMILES string of the molecule is Cc1csc(C(c2cccc(Cl)c2Cl)N2CCNCC2)c1. The summed E-state index contributed by atoms with van der Waals surface area (Å²) in [6, 6.07) is 8.38. The third-order valence-corrected chi connectivity index (χ3v) is 5.75. The second kappa shape index (κ2) is 6.67. The molecule has 2 aromatic rings. The van der Waals surface area contributed by atoms with Gasteiger partial charge in [0, 0.05) is 31.1 Å². The van der Waals surface area contributed by atoms with E-state index in [-0.39, 0.29) is 6.04 Å². The molecule has 0 amide bonds. The van der Waals surface area contributed by atoms with Gasteiger partial charge in [-0.3, -0.25) is 4.90 Å². The number of nitrogens with one attached hydrogen (secondary N) is 1. The minimum absolute atomic E-state index is 0.192. The maximum absolute atomic E-state index is 6.49. The molecule has 5 heteroatoms. The Morgan fingerprint density at radius 1 is 1.24 bits per heavy atom. The number of nitrogens with zero attached hydrogens (tertiary/aromatic N) is 1. The van der Waals surface area contributed by atoms with Gasteiger partial charge in [0.15, 0.2) is 0 Å². The van der Waals surface area contributed by atoms with Crippen LogP contribution >= 0.6 is 34.5 Å². The quantitative estimate of drug-likeness (QED) is 0.892. The fourth-order valence-electron chi connectivity index (χ4n) is 2.80. The Morgan fingerprint density at radius 2 is 2.00 bits per heavy atom. The van der Waals surface area contributed by atoms with Gasteiger partial charge in [-0.1, -0.05) is 35.3 Å². The van der Waals surface area contributed by atoms with Crippen molar-refractivity contribution >= 4 is 34.5 Å². The Hall–Kier alpha value is -0.580. The fourth-order valence-corrected chi connectivity index (χ4v) is 4.26. The second-order valence-electron chi connectivity index (χ2n) is 5.36. The fraction of sp³-hybridized carbons (Fsp3) is 0.375. The molecule has 1 aromatic heterocycles. The molecule has 1 aromatic carbocycles. The number of aryl methyl sites for hydroxylation is 1. The summed E-state index contributed by atoms with van der Waals surface area (Å²) < 4.78 is 0. The van der Waals surface area contributed by atoms with Crippen molar-refractivity contribution in [1.82, 2.24) is 10.2 Å². The molecule has 112 valence electrons. The van der Waals surface area contributed by atoms with Gasteiger partial charge in [0.1, 0.15) is 0 Å². The molecule has 21 heavy (non-hydrogen) atoms. The Bertz CT molecular complexity index is 620. The number of rotatable bonds is 3. The second-order valence-corrected chi connectivity index (χ2v) is 7.09. The van der Waals surface area contributed by atoms with E-state index in [1.807, 2.05) is 12.1 Å². The number of hydrogen-bond donors (Lipinski definition) is 1. The first-order valence-corrected chi connectivity index (χ1v) is 8.74. The number of piperazine rings is 1. The zero-order valence-electron chi connectivity index (χ0n) is 11.9. The summed E-state index contributed by atoms with van der Waals surface area (Å²) in [5.74, 6) is 0. The normalized spacial score (nSPS) is 17.9. The Morgan fingerprint density at radius 3 is 2.67 bits per heavy atom. The van der Waals surface area contributed by atoms with E-state index in [2.05, 4.69) is 34.7 Å². The van der Waals surface area contributed by atoms with Gasteiger partial charge in [-0.25, -0.2) is 0 Å². The minimum atomic E-state index is 0.192. The molecule has 0 saturated carbocycles. The Kier molecular flexibility index (Phi) is 4.87. The van der Waals surface area contributed by atoms with Crippen molar-refractivity contribution in [1.29, 1.82) is 0 Å². The third-order valence-electron chi connectivity index (χ3n) is 3.81. The molecule has 1 aliphatic rings. The molecule has 1 aliphatic heterocycles. The van der Waals surface area contributed by atoms with E-state index < -0.39 is 0 Å². The Balaban J connectivity index is 2.04. The summed E-state index contributed by atoms with van der Waals surface area (Å²) in [6.45, 7) is 6.20. The van der Waals surface area contributed by atoms with Crippen molar-refractivity contribution in [3.8, 4) is 0 Å². The summed E-state index contributed by atoms with van der Waals surface area (Å²) in [6.07, 6.45) is 0. The predicted octanol–water partition coefficient (Wildman–Crippen LogP) is 4.36. The van der Waals surface area contributed by atoms with Crippen LogP contribution in [0.4, 0.5) is 0 Å².